The Morgan fingerprint density at radius 3 is 2.10 bits per heavy atom. The largest absolute Gasteiger partial charge is 0.481 e. The number of nitrogens with zero attached hydrogens (tertiary/aromatic N) is 2. The molecule has 0 amide bonds. The summed E-state index contributed by atoms with van der Waals surface area (Å²) in [5.41, 5.74) is 9.17. The first kappa shape index (κ1) is 34.6. The molecule has 0 atom stereocenters. The molecule has 0 aromatic heterocycles. The molecule has 6 rings (SSSR count). The number of carboxylic acids is 1. The molecule has 8 nitrogen and oxygen atoms in total. The van der Waals surface area contributed by atoms with Gasteiger partial charge in [0.1, 0.15) is 22.8 Å². The van der Waals surface area contributed by atoms with E-state index >= 15 is 0 Å². The Morgan fingerprint density at radius 1 is 0.800 bits per heavy atom. The first-order valence-electron chi connectivity index (χ1n) is 16.7. The minimum atomic E-state index is -4.58. The molecule has 0 radical (unpaired) electrons. The fourth-order valence-electron chi connectivity index (χ4n) is 7.03. The van der Waals surface area contributed by atoms with Gasteiger partial charge in [-0.25, -0.2) is 0 Å². The number of aliphatic carboxylic acids is 1. The Balaban J connectivity index is 1.71. The fourth-order valence-corrected chi connectivity index (χ4v) is 7.72. The van der Waals surface area contributed by atoms with Crippen LogP contribution in [0.25, 0.3) is 33.4 Å². The van der Waals surface area contributed by atoms with Crippen molar-refractivity contribution in [3.63, 3.8) is 0 Å². The molecule has 9 heteroatoms. The van der Waals surface area contributed by atoms with Crippen molar-refractivity contribution in [2.24, 2.45) is 0 Å². The van der Waals surface area contributed by atoms with E-state index in [1.807, 2.05) is 73.3 Å². The molecule has 4 aromatic rings. The summed E-state index contributed by atoms with van der Waals surface area (Å²) < 4.78 is 44.7. The van der Waals surface area contributed by atoms with Crippen LogP contribution in [0.15, 0.2) is 106 Å². The number of rotatable bonds is 10. The van der Waals surface area contributed by atoms with E-state index in [-0.39, 0.29) is 17.9 Å². The van der Waals surface area contributed by atoms with E-state index in [0.717, 1.165) is 57.6 Å². The summed E-state index contributed by atoms with van der Waals surface area (Å²) in [6, 6.07) is 30.2. The summed E-state index contributed by atoms with van der Waals surface area (Å²) in [6.07, 6.45) is 0.824. The summed E-state index contributed by atoms with van der Waals surface area (Å²) in [4.78, 5) is 13.6. The molecule has 0 saturated carbocycles. The molecule has 1 aliphatic heterocycles. The van der Waals surface area contributed by atoms with E-state index < -0.39 is 16.1 Å². The molecule has 0 saturated heterocycles. The quantitative estimate of drug-likeness (QED) is 0.0840. The van der Waals surface area contributed by atoms with Crippen molar-refractivity contribution in [3.05, 3.63) is 125 Å². The van der Waals surface area contributed by atoms with Gasteiger partial charge in [-0.2, -0.15) is 13.0 Å². The van der Waals surface area contributed by atoms with Gasteiger partial charge in [-0.1, -0.05) is 61.5 Å². The molecule has 1 heterocycles. The van der Waals surface area contributed by atoms with Crippen LogP contribution in [-0.4, -0.2) is 37.1 Å². The third-order valence-corrected chi connectivity index (χ3v) is 10.1. The molecular weight excluding hydrogens is 649 g/mol. The average Bonchev–Trinajstić information content (AvgIpc) is 3.07. The van der Waals surface area contributed by atoms with E-state index in [9.17, 15) is 22.9 Å². The average molecular weight is 690 g/mol. The number of hydrogen-bond acceptors (Lipinski definition) is 5. The number of fused-ring (bicyclic) bond motifs is 2. The van der Waals surface area contributed by atoms with Crippen molar-refractivity contribution in [3.8, 4) is 22.5 Å². The topological polar surface area (TPSA) is 111 Å². The van der Waals surface area contributed by atoms with E-state index in [1.165, 1.54) is 6.07 Å². The third-order valence-electron chi connectivity index (χ3n) is 9.16. The second-order valence-electron chi connectivity index (χ2n) is 12.7. The molecule has 0 unspecified atom stereocenters. The summed E-state index contributed by atoms with van der Waals surface area (Å²) in [6.45, 7) is 11.3. The van der Waals surface area contributed by atoms with Crippen molar-refractivity contribution in [1.82, 2.24) is 4.58 Å². The second-order valence-corrected chi connectivity index (χ2v) is 14.1. The van der Waals surface area contributed by atoms with Gasteiger partial charge in [0.05, 0.1) is 12.5 Å². The Bertz CT molecular complexity index is 2370. The lowest BCUT2D eigenvalue weighted by Gasteiger charge is -2.28. The van der Waals surface area contributed by atoms with Gasteiger partial charge >= 0.3 is 5.97 Å². The highest BCUT2D eigenvalue weighted by molar-refractivity contribution is 7.86. The normalized spacial score (nSPS) is 12.4. The van der Waals surface area contributed by atoms with E-state index in [2.05, 4.69) is 43.5 Å². The number of aryl methyl sites for hydroxylation is 4. The summed E-state index contributed by atoms with van der Waals surface area (Å²) in [5, 5.41) is 11.2. The molecule has 50 heavy (non-hydrogen) atoms. The van der Waals surface area contributed by atoms with Crippen molar-refractivity contribution < 1.29 is 27.3 Å². The van der Waals surface area contributed by atoms with Crippen molar-refractivity contribution in [2.75, 3.05) is 18.0 Å². The van der Waals surface area contributed by atoms with Gasteiger partial charge in [0.25, 0.3) is 10.1 Å². The SMILES string of the molecule is CCC[N+](c1c(C)cccc1C)=c1ccc2c(-c3ccccc3S(=O)(=O)O)c3ccc(N(CCC(=O)O)c4c(C)cccc4C)cc3oc-2c1. The number of carboxylic acid groups (broad SMARTS) is 1. The number of carbonyl (C=O) groups is 1. The van der Waals surface area contributed by atoms with Crippen LogP contribution in [0.2, 0.25) is 0 Å². The highest BCUT2D eigenvalue weighted by atomic mass is 32.2. The van der Waals surface area contributed by atoms with Crippen molar-refractivity contribution >= 4 is 44.1 Å². The van der Waals surface area contributed by atoms with Crippen LogP contribution in [0.5, 0.6) is 0 Å². The van der Waals surface area contributed by atoms with Crippen LogP contribution in [0.4, 0.5) is 17.1 Å². The lowest BCUT2D eigenvalue weighted by Crippen LogP contribution is -2.27. The molecule has 0 fully saturated rings. The summed E-state index contributed by atoms with van der Waals surface area (Å²) in [5.74, 6) is -0.376. The van der Waals surface area contributed by atoms with E-state index in [0.29, 0.717) is 33.4 Å². The standard InChI is InChI=1S/C41H40N2O6S/c1-6-22-42(40-26(2)11-9-12-27(40)3)30-17-19-32-35(24-30)49-36-25-31(43(23-21-38(44)45)41-28(4)13-10-14-29(41)5)18-20-33(36)39(32)34-15-7-8-16-37(34)50(46,47)48/h7-20,24-25H,6,21-23H2,1-5H3,(H-,44,45,46,47,48)/p+1. The van der Waals surface area contributed by atoms with Crippen LogP contribution >= 0.6 is 0 Å². The minimum absolute atomic E-state index is 0.0808. The van der Waals surface area contributed by atoms with Crippen LogP contribution in [0.1, 0.15) is 42.0 Å². The zero-order valence-electron chi connectivity index (χ0n) is 28.9. The predicted molar refractivity (Wildman–Crippen MR) is 199 cm³/mol. The van der Waals surface area contributed by atoms with Gasteiger partial charge in [0.2, 0.25) is 11.0 Å². The van der Waals surface area contributed by atoms with Crippen LogP contribution < -0.4 is 14.8 Å². The van der Waals surface area contributed by atoms with Crippen LogP contribution in [-0.2, 0) is 14.9 Å². The smallest absolute Gasteiger partial charge is 0.305 e. The van der Waals surface area contributed by atoms with Crippen LogP contribution in [0.3, 0.4) is 0 Å². The molecule has 256 valence electrons. The zero-order chi connectivity index (χ0) is 35.7. The van der Waals surface area contributed by atoms with Gasteiger partial charge in [-0.15, -0.1) is 0 Å². The Kier molecular flexibility index (Phi) is 9.64. The lowest BCUT2D eigenvalue weighted by atomic mass is 9.93. The van der Waals surface area contributed by atoms with Gasteiger partial charge in [0, 0.05) is 69.7 Å². The Morgan fingerprint density at radius 2 is 1.46 bits per heavy atom. The predicted octanol–water partition coefficient (Wildman–Crippen LogP) is 8.81. The minimum Gasteiger partial charge on any atom is -0.481 e. The molecule has 4 aromatic carbocycles. The van der Waals surface area contributed by atoms with Gasteiger partial charge < -0.3 is 14.4 Å². The number of para-hydroxylation sites is 2. The van der Waals surface area contributed by atoms with Crippen molar-refractivity contribution in [1.29, 1.82) is 0 Å². The number of hydrogen-bond donors (Lipinski definition) is 2. The Hall–Kier alpha value is -5.25. The Labute approximate surface area is 292 Å². The van der Waals surface area contributed by atoms with E-state index in [1.54, 1.807) is 18.2 Å². The molecule has 0 spiro atoms. The number of anilines is 2. The van der Waals surface area contributed by atoms with Gasteiger partial charge in [-0.05, 0) is 63.1 Å². The van der Waals surface area contributed by atoms with Crippen LogP contribution in [0, 0.1) is 27.7 Å². The first-order chi connectivity index (χ1) is 23.9. The first-order valence-corrected chi connectivity index (χ1v) is 18.1. The third kappa shape index (κ3) is 6.66. The molecule has 2 aliphatic rings. The maximum absolute atomic E-state index is 12.7. The fraction of sp³-hybridized carbons (Fsp3) is 0.220. The van der Waals surface area contributed by atoms with Crippen molar-refractivity contribution in [2.45, 2.75) is 52.4 Å². The molecule has 0 bridgehead atoms. The molecule has 1 aliphatic carbocycles. The van der Waals surface area contributed by atoms with E-state index in [4.69, 9.17) is 4.42 Å². The lowest BCUT2D eigenvalue weighted by molar-refractivity contribution is -0.136. The van der Waals surface area contributed by atoms with Gasteiger partial charge in [0.15, 0.2) is 0 Å². The monoisotopic (exact) mass is 689 g/mol. The summed E-state index contributed by atoms with van der Waals surface area (Å²) in [7, 11) is -4.58. The molecular formula is C41H41N2O6S+. The number of benzene rings is 5. The second kappa shape index (κ2) is 13.9. The maximum Gasteiger partial charge on any atom is 0.305 e. The molecule has 2 N–H and O–H groups in total. The highest BCUT2D eigenvalue weighted by Gasteiger charge is 2.26. The highest BCUT2D eigenvalue weighted by Crippen LogP contribution is 2.44. The maximum atomic E-state index is 12.7. The zero-order valence-corrected chi connectivity index (χ0v) is 29.7. The van der Waals surface area contributed by atoms with Gasteiger partial charge in [-0.3, -0.25) is 9.35 Å². The summed E-state index contributed by atoms with van der Waals surface area (Å²) >= 11 is 0.